The van der Waals surface area contributed by atoms with Crippen molar-refractivity contribution in [1.29, 1.82) is 0 Å². The van der Waals surface area contributed by atoms with Gasteiger partial charge in [0.25, 0.3) is 5.56 Å². The molecule has 2 rings (SSSR count). The van der Waals surface area contributed by atoms with Gasteiger partial charge in [-0.2, -0.15) is 0 Å². The number of hydrogen-bond acceptors (Lipinski definition) is 4. The van der Waals surface area contributed by atoms with E-state index >= 15 is 0 Å². The van der Waals surface area contributed by atoms with E-state index in [0.29, 0.717) is 11.7 Å². The molecule has 0 amide bonds. The van der Waals surface area contributed by atoms with Crippen LogP contribution >= 0.6 is 11.6 Å². The average molecular weight is 272 g/mol. The van der Waals surface area contributed by atoms with Crippen molar-refractivity contribution >= 4 is 17.4 Å². The predicted molar refractivity (Wildman–Crippen MR) is 70.9 cm³/mol. The number of hydrogen-bond donors (Lipinski definition) is 3. The largest absolute Gasteiger partial charge is 0.394 e. The van der Waals surface area contributed by atoms with Crippen molar-refractivity contribution in [2.45, 2.75) is 38.1 Å². The van der Waals surface area contributed by atoms with Crippen LogP contribution < -0.4 is 10.9 Å². The van der Waals surface area contributed by atoms with Crippen molar-refractivity contribution in [3.63, 3.8) is 0 Å². The molecule has 0 atom stereocenters. The van der Waals surface area contributed by atoms with E-state index in [0.717, 1.165) is 25.7 Å². The molecule has 1 fully saturated rings. The van der Waals surface area contributed by atoms with E-state index in [-0.39, 0.29) is 17.2 Å². The fraction of sp³-hybridized carbons (Fsp3) is 0.667. The lowest BCUT2D eigenvalue weighted by Gasteiger charge is -2.39. The van der Waals surface area contributed by atoms with Gasteiger partial charge in [-0.05, 0) is 31.6 Å². The first kappa shape index (κ1) is 13.4. The van der Waals surface area contributed by atoms with Crippen LogP contribution in [0.2, 0.25) is 5.02 Å². The predicted octanol–water partition coefficient (Wildman–Crippen LogP) is 1.78. The lowest BCUT2D eigenvalue weighted by molar-refractivity contribution is 0.155. The summed E-state index contributed by atoms with van der Waals surface area (Å²) >= 11 is 5.91. The van der Waals surface area contributed by atoms with Gasteiger partial charge in [0.2, 0.25) is 0 Å². The SMILES string of the molecule is CC1CCC(CO)(Nc2nc[nH]c(=O)c2Cl)CC1. The zero-order valence-corrected chi connectivity index (χ0v) is 11.1. The molecule has 0 unspecified atom stereocenters. The molecule has 5 nitrogen and oxygen atoms in total. The molecular formula is C12H18ClN3O2. The molecule has 1 saturated carbocycles. The Morgan fingerprint density at radius 3 is 2.89 bits per heavy atom. The van der Waals surface area contributed by atoms with Crippen LogP contribution in [0.15, 0.2) is 11.1 Å². The Morgan fingerprint density at radius 2 is 2.28 bits per heavy atom. The molecule has 0 bridgehead atoms. The molecule has 0 aromatic carbocycles. The summed E-state index contributed by atoms with van der Waals surface area (Å²) in [6.07, 6.45) is 5.13. The molecule has 1 aliphatic carbocycles. The lowest BCUT2D eigenvalue weighted by Crippen LogP contribution is -2.45. The van der Waals surface area contributed by atoms with Crippen molar-refractivity contribution in [2.24, 2.45) is 5.92 Å². The second kappa shape index (κ2) is 5.28. The Balaban J connectivity index is 2.20. The van der Waals surface area contributed by atoms with Crippen molar-refractivity contribution in [3.8, 4) is 0 Å². The first-order valence-electron chi connectivity index (χ1n) is 6.18. The van der Waals surface area contributed by atoms with Gasteiger partial charge in [0.1, 0.15) is 5.02 Å². The van der Waals surface area contributed by atoms with Gasteiger partial charge in [0.15, 0.2) is 5.82 Å². The van der Waals surface area contributed by atoms with Gasteiger partial charge in [0, 0.05) is 0 Å². The van der Waals surface area contributed by atoms with Crippen LogP contribution in [0.4, 0.5) is 5.82 Å². The van der Waals surface area contributed by atoms with Gasteiger partial charge in [0.05, 0.1) is 18.5 Å². The molecule has 6 heteroatoms. The number of nitrogens with one attached hydrogen (secondary N) is 2. The Labute approximate surface area is 111 Å². The smallest absolute Gasteiger partial charge is 0.271 e. The van der Waals surface area contributed by atoms with Gasteiger partial charge in [-0.25, -0.2) is 4.98 Å². The molecule has 1 aromatic heterocycles. The molecule has 0 aliphatic heterocycles. The second-order valence-corrected chi connectivity index (χ2v) is 5.52. The molecule has 0 spiro atoms. The summed E-state index contributed by atoms with van der Waals surface area (Å²) in [4.78, 5) is 17.8. The lowest BCUT2D eigenvalue weighted by atomic mass is 9.77. The third kappa shape index (κ3) is 2.67. The highest BCUT2D eigenvalue weighted by atomic mass is 35.5. The first-order valence-corrected chi connectivity index (χ1v) is 6.56. The van der Waals surface area contributed by atoms with Gasteiger partial charge in [-0.3, -0.25) is 4.79 Å². The molecular weight excluding hydrogens is 254 g/mol. The monoisotopic (exact) mass is 271 g/mol. The van der Waals surface area contributed by atoms with Crippen molar-refractivity contribution in [1.82, 2.24) is 9.97 Å². The highest BCUT2D eigenvalue weighted by Gasteiger charge is 2.34. The van der Waals surface area contributed by atoms with Gasteiger partial charge in [-0.15, -0.1) is 0 Å². The average Bonchev–Trinajstić information content (AvgIpc) is 2.38. The van der Waals surface area contributed by atoms with Gasteiger partial charge in [-0.1, -0.05) is 18.5 Å². The maximum absolute atomic E-state index is 11.4. The van der Waals surface area contributed by atoms with Crippen LogP contribution in [0.3, 0.4) is 0 Å². The van der Waals surface area contributed by atoms with Crippen LogP contribution in [-0.4, -0.2) is 27.2 Å². The minimum atomic E-state index is -0.406. The number of aromatic amines is 1. The number of H-pyrrole nitrogens is 1. The Kier molecular flexibility index (Phi) is 3.92. The normalized spacial score (nSPS) is 28.1. The van der Waals surface area contributed by atoms with E-state index in [2.05, 4.69) is 22.2 Å². The highest BCUT2D eigenvalue weighted by Crippen LogP contribution is 2.34. The number of aromatic nitrogens is 2. The highest BCUT2D eigenvalue weighted by molar-refractivity contribution is 6.32. The molecule has 0 radical (unpaired) electrons. The van der Waals surface area contributed by atoms with E-state index in [1.165, 1.54) is 6.33 Å². The fourth-order valence-electron chi connectivity index (χ4n) is 2.36. The van der Waals surface area contributed by atoms with Crippen LogP contribution in [0.25, 0.3) is 0 Å². The number of aliphatic hydroxyl groups excluding tert-OH is 1. The molecule has 0 saturated heterocycles. The van der Waals surface area contributed by atoms with E-state index in [4.69, 9.17) is 11.6 Å². The van der Waals surface area contributed by atoms with Gasteiger partial charge >= 0.3 is 0 Å². The first-order chi connectivity index (χ1) is 8.56. The molecule has 1 aromatic rings. The van der Waals surface area contributed by atoms with Crippen LogP contribution in [0.5, 0.6) is 0 Å². The zero-order chi connectivity index (χ0) is 13.2. The minimum Gasteiger partial charge on any atom is -0.394 e. The van der Waals surface area contributed by atoms with Crippen molar-refractivity contribution in [2.75, 3.05) is 11.9 Å². The summed E-state index contributed by atoms with van der Waals surface area (Å²) in [6, 6.07) is 0. The van der Waals surface area contributed by atoms with Gasteiger partial charge < -0.3 is 15.4 Å². The Hall–Kier alpha value is -1.07. The molecule has 3 N–H and O–H groups in total. The molecule has 1 heterocycles. The van der Waals surface area contributed by atoms with Crippen molar-refractivity contribution < 1.29 is 5.11 Å². The van der Waals surface area contributed by atoms with Crippen LogP contribution in [-0.2, 0) is 0 Å². The second-order valence-electron chi connectivity index (χ2n) is 5.14. The summed E-state index contributed by atoms with van der Waals surface area (Å²) in [5, 5.41) is 12.8. The van der Waals surface area contributed by atoms with Crippen molar-refractivity contribution in [3.05, 3.63) is 21.7 Å². The number of nitrogens with zero attached hydrogens (tertiary/aromatic N) is 1. The molecule has 18 heavy (non-hydrogen) atoms. The zero-order valence-electron chi connectivity index (χ0n) is 10.4. The van der Waals surface area contributed by atoms with E-state index in [9.17, 15) is 9.90 Å². The Bertz CT molecular complexity index is 467. The summed E-state index contributed by atoms with van der Waals surface area (Å²) < 4.78 is 0. The van der Waals surface area contributed by atoms with Crippen LogP contribution in [0, 0.1) is 5.92 Å². The molecule has 1 aliphatic rings. The third-order valence-electron chi connectivity index (χ3n) is 3.71. The molecule has 100 valence electrons. The van der Waals surface area contributed by atoms with E-state index in [1.807, 2.05) is 0 Å². The summed E-state index contributed by atoms with van der Waals surface area (Å²) in [7, 11) is 0. The van der Waals surface area contributed by atoms with E-state index < -0.39 is 5.54 Å². The summed E-state index contributed by atoms with van der Waals surface area (Å²) in [6.45, 7) is 2.23. The number of anilines is 1. The van der Waals surface area contributed by atoms with Crippen LogP contribution in [0.1, 0.15) is 32.6 Å². The Morgan fingerprint density at radius 1 is 1.61 bits per heavy atom. The summed E-state index contributed by atoms with van der Waals surface area (Å²) in [5.41, 5.74) is -0.775. The number of halogens is 1. The maximum atomic E-state index is 11.4. The fourth-order valence-corrected chi connectivity index (χ4v) is 2.51. The topological polar surface area (TPSA) is 78.0 Å². The quantitative estimate of drug-likeness (QED) is 0.783. The standard InChI is InChI=1S/C12H18ClN3O2/c1-8-2-4-12(6-17,5-3-8)16-10-9(13)11(18)15-7-14-10/h7-8,17H,2-6H2,1H3,(H2,14,15,16,18). The van der Waals surface area contributed by atoms with E-state index in [1.54, 1.807) is 0 Å². The minimum absolute atomic E-state index is 0.0184. The number of rotatable bonds is 3. The maximum Gasteiger partial charge on any atom is 0.271 e. The number of aliphatic hydroxyl groups is 1. The summed E-state index contributed by atoms with van der Waals surface area (Å²) in [5.74, 6) is 1.03. The third-order valence-corrected chi connectivity index (χ3v) is 4.06.